The van der Waals surface area contributed by atoms with Gasteiger partial charge >= 0.3 is 0 Å². The van der Waals surface area contributed by atoms with E-state index >= 15 is 0 Å². The minimum absolute atomic E-state index is 0.0443. The maximum atomic E-state index is 5.84. The van der Waals surface area contributed by atoms with Crippen molar-refractivity contribution in [2.75, 3.05) is 13.6 Å². The van der Waals surface area contributed by atoms with E-state index in [2.05, 4.69) is 67.4 Å². The molecular formula is C21H27NO. The number of benzene rings is 1. The Kier molecular flexibility index (Phi) is 5.02. The molecule has 1 fully saturated rings. The van der Waals surface area contributed by atoms with Crippen LogP contribution in [0.1, 0.15) is 43.9 Å². The molecule has 2 aromatic rings. The van der Waals surface area contributed by atoms with E-state index in [1.165, 1.54) is 18.4 Å². The summed E-state index contributed by atoms with van der Waals surface area (Å²) in [6, 6.07) is 14.6. The van der Waals surface area contributed by atoms with Crippen LogP contribution in [0.4, 0.5) is 0 Å². The SMILES string of the molecule is CCC(C/C=C/c1ccccc1)(c1ccco1)N(C)CC1CC1. The molecule has 1 aromatic heterocycles. The zero-order chi connectivity index (χ0) is 16.1. The van der Waals surface area contributed by atoms with Gasteiger partial charge in [-0.05, 0) is 56.3 Å². The zero-order valence-corrected chi connectivity index (χ0v) is 14.2. The molecule has 1 saturated carbocycles. The number of furan rings is 1. The van der Waals surface area contributed by atoms with Crippen LogP contribution in [0.2, 0.25) is 0 Å². The molecule has 0 spiro atoms. The van der Waals surface area contributed by atoms with Crippen molar-refractivity contribution >= 4 is 6.08 Å². The van der Waals surface area contributed by atoms with E-state index in [1.54, 1.807) is 6.26 Å². The molecule has 2 heteroatoms. The van der Waals surface area contributed by atoms with Gasteiger partial charge in [-0.15, -0.1) is 0 Å². The van der Waals surface area contributed by atoms with Crippen molar-refractivity contribution in [3.8, 4) is 0 Å². The first-order valence-corrected chi connectivity index (χ1v) is 8.71. The molecule has 2 nitrogen and oxygen atoms in total. The van der Waals surface area contributed by atoms with E-state index in [0.717, 1.165) is 31.1 Å². The molecule has 1 aliphatic carbocycles. The fourth-order valence-corrected chi connectivity index (χ4v) is 3.39. The van der Waals surface area contributed by atoms with Crippen molar-refractivity contribution < 1.29 is 4.42 Å². The first-order chi connectivity index (χ1) is 11.2. The second-order valence-electron chi connectivity index (χ2n) is 6.70. The van der Waals surface area contributed by atoms with Crippen LogP contribution in [-0.2, 0) is 5.54 Å². The number of nitrogens with zero attached hydrogens (tertiary/aromatic N) is 1. The van der Waals surface area contributed by atoms with Gasteiger partial charge in [0.1, 0.15) is 5.76 Å². The topological polar surface area (TPSA) is 16.4 Å². The summed E-state index contributed by atoms with van der Waals surface area (Å²) in [5.74, 6) is 1.96. The quantitative estimate of drug-likeness (QED) is 0.655. The molecule has 122 valence electrons. The molecule has 0 radical (unpaired) electrons. The highest BCUT2D eigenvalue weighted by Crippen LogP contribution is 2.39. The highest BCUT2D eigenvalue weighted by atomic mass is 16.3. The first kappa shape index (κ1) is 16.1. The van der Waals surface area contributed by atoms with Gasteiger partial charge in [0.05, 0.1) is 11.8 Å². The van der Waals surface area contributed by atoms with Gasteiger partial charge in [0.2, 0.25) is 0 Å². The van der Waals surface area contributed by atoms with Gasteiger partial charge in [-0.1, -0.05) is 49.4 Å². The van der Waals surface area contributed by atoms with Gasteiger partial charge in [-0.3, -0.25) is 4.90 Å². The monoisotopic (exact) mass is 309 g/mol. The van der Waals surface area contributed by atoms with Gasteiger partial charge in [-0.25, -0.2) is 0 Å². The van der Waals surface area contributed by atoms with Crippen molar-refractivity contribution in [2.45, 2.75) is 38.1 Å². The second-order valence-corrected chi connectivity index (χ2v) is 6.70. The van der Waals surface area contributed by atoms with E-state index in [9.17, 15) is 0 Å². The number of rotatable bonds is 8. The minimum atomic E-state index is -0.0443. The second kappa shape index (κ2) is 7.18. The van der Waals surface area contributed by atoms with E-state index in [4.69, 9.17) is 4.42 Å². The fourth-order valence-electron chi connectivity index (χ4n) is 3.39. The van der Waals surface area contributed by atoms with Crippen molar-refractivity contribution in [2.24, 2.45) is 5.92 Å². The zero-order valence-electron chi connectivity index (χ0n) is 14.2. The molecule has 0 saturated heterocycles. The smallest absolute Gasteiger partial charge is 0.124 e. The third kappa shape index (κ3) is 3.76. The minimum Gasteiger partial charge on any atom is -0.467 e. The summed E-state index contributed by atoms with van der Waals surface area (Å²) in [6.07, 6.45) is 11.1. The molecular weight excluding hydrogens is 282 g/mol. The van der Waals surface area contributed by atoms with Crippen molar-refractivity contribution in [3.05, 3.63) is 66.1 Å². The predicted molar refractivity (Wildman–Crippen MR) is 96.1 cm³/mol. The molecule has 0 amide bonds. The molecule has 1 aliphatic rings. The Balaban J connectivity index is 1.80. The maximum absolute atomic E-state index is 5.84. The largest absolute Gasteiger partial charge is 0.467 e. The van der Waals surface area contributed by atoms with Gasteiger partial charge in [0.15, 0.2) is 0 Å². The average Bonchev–Trinajstić information content (AvgIpc) is 3.22. The van der Waals surface area contributed by atoms with Crippen molar-refractivity contribution in [1.29, 1.82) is 0 Å². The summed E-state index contributed by atoms with van der Waals surface area (Å²) < 4.78 is 5.84. The normalized spacial score (nSPS) is 17.7. The van der Waals surface area contributed by atoms with Crippen LogP contribution in [-0.4, -0.2) is 18.5 Å². The number of hydrogen-bond donors (Lipinski definition) is 0. The van der Waals surface area contributed by atoms with Crippen LogP contribution in [0, 0.1) is 5.92 Å². The Bertz CT molecular complexity index is 613. The van der Waals surface area contributed by atoms with E-state index < -0.39 is 0 Å². The summed E-state index contributed by atoms with van der Waals surface area (Å²) >= 11 is 0. The molecule has 1 atom stereocenters. The van der Waals surface area contributed by atoms with Crippen LogP contribution in [0.3, 0.4) is 0 Å². The summed E-state index contributed by atoms with van der Waals surface area (Å²) in [4.78, 5) is 2.51. The van der Waals surface area contributed by atoms with E-state index in [0.29, 0.717) is 0 Å². The predicted octanol–water partition coefficient (Wildman–Crippen LogP) is 5.33. The maximum Gasteiger partial charge on any atom is 0.124 e. The van der Waals surface area contributed by atoms with Gasteiger partial charge in [0.25, 0.3) is 0 Å². The van der Waals surface area contributed by atoms with E-state index in [1.807, 2.05) is 6.07 Å². The summed E-state index contributed by atoms with van der Waals surface area (Å²) in [6.45, 7) is 3.43. The third-order valence-corrected chi connectivity index (χ3v) is 5.09. The van der Waals surface area contributed by atoms with Crippen LogP contribution < -0.4 is 0 Å². The molecule has 0 bridgehead atoms. The third-order valence-electron chi connectivity index (χ3n) is 5.09. The van der Waals surface area contributed by atoms with Crippen LogP contribution in [0.5, 0.6) is 0 Å². The molecule has 3 rings (SSSR count). The Morgan fingerprint density at radius 3 is 2.57 bits per heavy atom. The lowest BCUT2D eigenvalue weighted by atomic mass is 9.86. The van der Waals surface area contributed by atoms with Gasteiger partial charge in [-0.2, -0.15) is 0 Å². The molecule has 1 aromatic carbocycles. The van der Waals surface area contributed by atoms with Gasteiger partial charge < -0.3 is 4.42 Å². The lowest BCUT2D eigenvalue weighted by Crippen LogP contribution is -2.44. The Morgan fingerprint density at radius 2 is 1.96 bits per heavy atom. The molecule has 23 heavy (non-hydrogen) atoms. The number of hydrogen-bond acceptors (Lipinski definition) is 2. The van der Waals surface area contributed by atoms with Gasteiger partial charge in [0, 0.05) is 6.54 Å². The van der Waals surface area contributed by atoms with E-state index in [-0.39, 0.29) is 5.54 Å². The lowest BCUT2D eigenvalue weighted by molar-refractivity contribution is 0.0839. The standard InChI is InChI=1S/C21H27NO/c1-3-21(20-12-8-16-23-20,22(2)17-19-13-14-19)15-7-11-18-9-5-4-6-10-18/h4-12,16,19H,3,13-15,17H2,1-2H3/b11-7+. The first-order valence-electron chi connectivity index (χ1n) is 8.71. The van der Waals surface area contributed by atoms with Crippen LogP contribution in [0.15, 0.2) is 59.2 Å². The van der Waals surface area contributed by atoms with Crippen LogP contribution >= 0.6 is 0 Å². The molecule has 0 aliphatic heterocycles. The summed E-state index contributed by atoms with van der Waals surface area (Å²) in [5.41, 5.74) is 1.21. The summed E-state index contributed by atoms with van der Waals surface area (Å²) in [5, 5.41) is 0. The Labute approximate surface area is 139 Å². The Hall–Kier alpha value is -1.80. The summed E-state index contributed by atoms with van der Waals surface area (Å²) in [7, 11) is 2.25. The fraction of sp³-hybridized carbons (Fsp3) is 0.429. The molecule has 1 heterocycles. The highest BCUT2D eigenvalue weighted by molar-refractivity contribution is 5.48. The average molecular weight is 309 g/mol. The highest BCUT2D eigenvalue weighted by Gasteiger charge is 2.38. The molecule has 1 unspecified atom stereocenters. The van der Waals surface area contributed by atoms with Crippen molar-refractivity contribution in [1.82, 2.24) is 4.90 Å². The van der Waals surface area contributed by atoms with Crippen molar-refractivity contribution in [3.63, 3.8) is 0 Å². The van der Waals surface area contributed by atoms with Crippen LogP contribution in [0.25, 0.3) is 6.08 Å². The lowest BCUT2D eigenvalue weighted by Gasteiger charge is -2.39. The molecule has 0 N–H and O–H groups in total. The Morgan fingerprint density at radius 1 is 1.17 bits per heavy atom.